The Kier molecular flexibility index (Phi) is 5.02. The second-order valence-corrected chi connectivity index (χ2v) is 7.75. The molecule has 0 radical (unpaired) electrons. The lowest BCUT2D eigenvalue weighted by Crippen LogP contribution is -2.52. The van der Waals surface area contributed by atoms with Crippen molar-refractivity contribution in [2.75, 3.05) is 20.2 Å². The van der Waals surface area contributed by atoms with Gasteiger partial charge in [0, 0.05) is 25.0 Å². The first-order valence-electron chi connectivity index (χ1n) is 9.12. The van der Waals surface area contributed by atoms with Gasteiger partial charge in [0.15, 0.2) is 0 Å². The molecule has 2 fully saturated rings. The van der Waals surface area contributed by atoms with Crippen LogP contribution in [0.2, 0.25) is 0 Å². The molecular formula is C20H28N2O3. The highest BCUT2D eigenvalue weighted by atomic mass is 16.5. The smallest absolute Gasteiger partial charge is 0.407 e. The topological polar surface area (TPSA) is 58.6 Å². The minimum Gasteiger partial charge on any atom is -0.453 e. The Labute approximate surface area is 149 Å². The molecule has 0 unspecified atom stereocenters. The van der Waals surface area contributed by atoms with Crippen LogP contribution >= 0.6 is 0 Å². The van der Waals surface area contributed by atoms with E-state index >= 15 is 0 Å². The Morgan fingerprint density at radius 2 is 1.76 bits per heavy atom. The maximum Gasteiger partial charge on any atom is 0.407 e. The summed E-state index contributed by atoms with van der Waals surface area (Å²) in [6.07, 6.45) is 3.03. The Morgan fingerprint density at radius 3 is 2.32 bits per heavy atom. The number of ether oxygens (including phenoxy) is 1. The van der Waals surface area contributed by atoms with Crippen LogP contribution in [0.5, 0.6) is 0 Å². The molecule has 0 spiro atoms. The number of nitrogens with one attached hydrogen (secondary N) is 1. The Hall–Kier alpha value is -2.04. The van der Waals surface area contributed by atoms with E-state index in [9.17, 15) is 9.59 Å². The number of likely N-dealkylation sites (tertiary alicyclic amines) is 1. The van der Waals surface area contributed by atoms with Crippen LogP contribution in [0.4, 0.5) is 4.79 Å². The highest BCUT2D eigenvalue weighted by molar-refractivity contribution is 5.80. The first-order chi connectivity index (χ1) is 11.9. The second-order valence-electron chi connectivity index (χ2n) is 7.75. The Morgan fingerprint density at radius 1 is 1.16 bits per heavy atom. The molecule has 1 saturated heterocycles. The molecule has 2 amide bonds. The lowest BCUT2D eigenvalue weighted by molar-refractivity contribution is -0.140. The van der Waals surface area contributed by atoms with Gasteiger partial charge in [0.2, 0.25) is 5.91 Å². The molecule has 1 N–H and O–H groups in total. The molecular weight excluding hydrogens is 316 g/mol. The zero-order valence-electron chi connectivity index (χ0n) is 15.4. The number of aryl methyl sites for hydroxylation is 1. The van der Waals surface area contributed by atoms with E-state index in [1.165, 1.54) is 18.2 Å². The van der Waals surface area contributed by atoms with Crippen LogP contribution in [0.25, 0.3) is 0 Å². The summed E-state index contributed by atoms with van der Waals surface area (Å²) >= 11 is 0. The van der Waals surface area contributed by atoms with Crippen molar-refractivity contribution < 1.29 is 14.3 Å². The van der Waals surface area contributed by atoms with E-state index < -0.39 is 6.09 Å². The summed E-state index contributed by atoms with van der Waals surface area (Å²) in [4.78, 5) is 25.9. The van der Waals surface area contributed by atoms with E-state index in [0.29, 0.717) is 0 Å². The molecule has 1 heterocycles. The molecule has 1 saturated carbocycles. The number of piperidine rings is 1. The van der Waals surface area contributed by atoms with E-state index in [0.717, 1.165) is 38.8 Å². The molecule has 1 aliphatic heterocycles. The maximum atomic E-state index is 12.7. The van der Waals surface area contributed by atoms with Crippen molar-refractivity contribution in [2.24, 2.45) is 5.92 Å². The van der Waals surface area contributed by atoms with Crippen molar-refractivity contribution >= 4 is 12.0 Å². The molecule has 3 rings (SSSR count). The molecule has 1 aromatic carbocycles. The summed E-state index contributed by atoms with van der Waals surface area (Å²) in [7, 11) is 1.36. The van der Waals surface area contributed by atoms with Crippen LogP contribution in [-0.2, 0) is 14.9 Å². The van der Waals surface area contributed by atoms with Gasteiger partial charge in [-0.2, -0.15) is 0 Å². The van der Waals surface area contributed by atoms with Crippen molar-refractivity contribution in [3.05, 3.63) is 35.4 Å². The molecule has 0 bridgehead atoms. The second kappa shape index (κ2) is 7.06. The first kappa shape index (κ1) is 17.8. The van der Waals surface area contributed by atoms with Crippen LogP contribution < -0.4 is 5.32 Å². The van der Waals surface area contributed by atoms with E-state index in [-0.39, 0.29) is 23.3 Å². The van der Waals surface area contributed by atoms with Gasteiger partial charge in [-0.25, -0.2) is 4.79 Å². The zero-order valence-corrected chi connectivity index (χ0v) is 15.4. The minimum absolute atomic E-state index is 0.0471. The quantitative estimate of drug-likeness (QED) is 0.917. The van der Waals surface area contributed by atoms with Crippen molar-refractivity contribution in [3.63, 3.8) is 0 Å². The molecule has 1 aliphatic carbocycles. The van der Waals surface area contributed by atoms with Crippen molar-refractivity contribution in [3.8, 4) is 0 Å². The van der Waals surface area contributed by atoms with Gasteiger partial charge in [-0.15, -0.1) is 0 Å². The summed E-state index contributed by atoms with van der Waals surface area (Å²) in [5.74, 6) is 0.291. The molecule has 136 valence electrons. The van der Waals surface area contributed by atoms with Crippen molar-refractivity contribution in [2.45, 2.75) is 51.0 Å². The van der Waals surface area contributed by atoms with Gasteiger partial charge in [-0.3, -0.25) is 4.79 Å². The average molecular weight is 344 g/mol. The molecule has 1 aromatic rings. The molecule has 5 nitrogen and oxygen atoms in total. The van der Waals surface area contributed by atoms with Gasteiger partial charge in [-0.1, -0.05) is 36.8 Å². The molecule has 0 aromatic heterocycles. The largest absolute Gasteiger partial charge is 0.453 e. The van der Waals surface area contributed by atoms with E-state index in [1.807, 2.05) is 4.90 Å². The van der Waals surface area contributed by atoms with Crippen LogP contribution in [-0.4, -0.2) is 43.1 Å². The lowest BCUT2D eigenvalue weighted by Gasteiger charge is -2.43. The van der Waals surface area contributed by atoms with E-state index in [4.69, 9.17) is 0 Å². The van der Waals surface area contributed by atoms with Gasteiger partial charge in [0.25, 0.3) is 0 Å². The molecule has 25 heavy (non-hydrogen) atoms. The summed E-state index contributed by atoms with van der Waals surface area (Å²) in [5, 5.41) is 2.76. The highest BCUT2D eigenvalue weighted by Crippen LogP contribution is 2.37. The summed E-state index contributed by atoms with van der Waals surface area (Å²) < 4.78 is 4.60. The number of rotatable bonds is 3. The van der Waals surface area contributed by atoms with Crippen LogP contribution in [0.3, 0.4) is 0 Å². The number of hydrogen-bond acceptors (Lipinski definition) is 3. The number of carbonyl (C=O) groups is 2. The van der Waals surface area contributed by atoms with E-state index in [2.05, 4.69) is 48.2 Å². The molecule has 2 aliphatic rings. The molecule has 0 atom stereocenters. The predicted molar refractivity (Wildman–Crippen MR) is 96.4 cm³/mol. The van der Waals surface area contributed by atoms with Crippen LogP contribution in [0.1, 0.15) is 43.7 Å². The number of carbonyl (C=O) groups excluding carboxylic acids is 2. The third-order valence-electron chi connectivity index (χ3n) is 5.92. The van der Waals surface area contributed by atoms with Crippen LogP contribution in [0.15, 0.2) is 24.3 Å². The lowest BCUT2D eigenvalue weighted by atomic mass is 9.73. The van der Waals surface area contributed by atoms with Crippen molar-refractivity contribution in [1.29, 1.82) is 0 Å². The number of nitrogens with zero attached hydrogens (tertiary/aromatic N) is 1. The highest BCUT2D eigenvalue weighted by Gasteiger charge is 2.40. The SMILES string of the molecule is COC(=O)NC1CC(C(=O)N2CCC(C)(c3ccc(C)cc3)CC2)C1. The third kappa shape index (κ3) is 3.80. The van der Waals surface area contributed by atoms with Gasteiger partial charge in [0.05, 0.1) is 7.11 Å². The first-order valence-corrected chi connectivity index (χ1v) is 9.12. The normalized spacial score (nSPS) is 25.0. The average Bonchev–Trinajstić information content (AvgIpc) is 2.58. The Bertz CT molecular complexity index is 627. The standard InChI is InChI=1S/C20H28N2O3/c1-14-4-6-16(7-5-14)20(2)8-10-22(11-9-20)18(23)15-12-17(13-15)21-19(24)25-3/h4-7,15,17H,8-13H2,1-3H3,(H,21,24). The summed E-state index contributed by atoms with van der Waals surface area (Å²) in [6, 6.07) is 8.86. The van der Waals surface area contributed by atoms with Gasteiger partial charge >= 0.3 is 6.09 Å². The fourth-order valence-electron chi connectivity index (χ4n) is 3.89. The minimum atomic E-state index is -0.414. The fraction of sp³-hybridized carbons (Fsp3) is 0.600. The zero-order chi connectivity index (χ0) is 18.0. The van der Waals surface area contributed by atoms with Crippen LogP contribution in [0, 0.1) is 12.8 Å². The van der Waals surface area contributed by atoms with Gasteiger partial charge in [0.1, 0.15) is 0 Å². The number of amides is 2. The number of hydrogen-bond donors (Lipinski definition) is 1. The fourth-order valence-corrected chi connectivity index (χ4v) is 3.89. The van der Waals surface area contributed by atoms with Gasteiger partial charge in [-0.05, 0) is 43.6 Å². The monoisotopic (exact) mass is 344 g/mol. The van der Waals surface area contributed by atoms with E-state index in [1.54, 1.807) is 0 Å². The number of alkyl carbamates (subject to hydrolysis) is 1. The predicted octanol–water partition coefficient (Wildman–Crippen LogP) is 3.01. The van der Waals surface area contributed by atoms with Gasteiger partial charge < -0.3 is 15.0 Å². The maximum absolute atomic E-state index is 12.7. The summed E-state index contributed by atoms with van der Waals surface area (Å²) in [6.45, 7) is 6.04. The number of benzene rings is 1. The number of methoxy groups -OCH3 is 1. The summed E-state index contributed by atoms with van der Waals surface area (Å²) in [5.41, 5.74) is 2.80. The Balaban J connectivity index is 1.50. The third-order valence-corrected chi connectivity index (χ3v) is 5.92. The molecule has 5 heteroatoms. The van der Waals surface area contributed by atoms with Crippen molar-refractivity contribution in [1.82, 2.24) is 10.2 Å².